The minimum atomic E-state index is -1.40. The van der Waals surface area contributed by atoms with E-state index in [4.69, 9.17) is 4.74 Å². The standard InChI is InChI=1S/C25H22FNO4S/c1-17(28)31-22-13-7-19(8-14-22)23-24(32(30)16-15-18-5-3-2-4-6-18)25(29)27(23)21-11-9-20(26)10-12-21/h2-14,23-24H,15-16H2,1H3. The number of esters is 1. The number of halogens is 1. The smallest absolute Gasteiger partial charge is 0.308 e. The average molecular weight is 452 g/mol. The maximum atomic E-state index is 13.4. The molecule has 0 N–H and O–H groups in total. The first kappa shape index (κ1) is 21.9. The third kappa shape index (κ3) is 4.62. The molecule has 1 heterocycles. The number of nitrogens with zero attached hydrogens (tertiary/aromatic N) is 1. The van der Waals surface area contributed by atoms with Gasteiger partial charge in [0.1, 0.15) is 16.8 Å². The lowest BCUT2D eigenvalue weighted by atomic mass is 9.92. The molecule has 0 spiro atoms. The molecule has 1 aliphatic rings. The van der Waals surface area contributed by atoms with Gasteiger partial charge in [0.2, 0.25) is 5.91 Å². The van der Waals surface area contributed by atoms with Gasteiger partial charge in [0.25, 0.3) is 0 Å². The molecule has 0 aliphatic carbocycles. The van der Waals surface area contributed by atoms with Crippen LogP contribution in [-0.4, -0.2) is 27.1 Å². The van der Waals surface area contributed by atoms with E-state index in [1.54, 1.807) is 29.2 Å². The zero-order chi connectivity index (χ0) is 22.7. The summed E-state index contributed by atoms with van der Waals surface area (Å²) < 4.78 is 31.7. The number of ether oxygens (including phenoxy) is 1. The molecule has 1 amide bonds. The summed E-state index contributed by atoms with van der Waals surface area (Å²) in [6, 6.07) is 21.7. The summed E-state index contributed by atoms with van der Waals surface area (Å²) in [5, 5.41) is -0.705. The van der Waals surface area contributed by atoms with Crippen LogP contribution < -0.4 is 9.64 Å². The first-order chi connectivity index (χ1) is 15.4. The molecular weight excluding hydrogens is 429 g/mol. The Bertz CT molecular complexity index is 1130. The molecule has 3 atom stereocenters. The number of β-lactam (4-membered cyclic amide) rings is 1. The third-order valence-corrected chi connectivity index (χ3v) is 6.98. The molecule has 3 aromatic carbocycles. The van der Waals surface area contributed by atoms with Gasteiger partial charge >= 0.3 is 5.97 Å². The molecule has 1 fully saturated rings. The number of rotatable bonds is 7. The quantitative estimate of drug-likeness (QED) is 0.307. The van der Waals surface area contributed by atoms with E-state index in [2.05, 4.69) is 0 Å². The molecule has 1 aliphatic heterocycles. The highest BCUT2D eigenvalue weighted by atomic mass is 32.2. The van der Waals surface area contributed by atoms with Crippen molar-refractivity contribution in [2.45, 2.75) is 24.6 Å². The van der Waals surface area contributed by atoms with Gasteiger partial charge < -0.3 is 9.64 Å². The Hall–Kier alpha value is -3.32. The minimum absolute atomic E-state index is 0.253. The number of aryl methyl sites for hydroxylation is 1. The van der Waals surface area contributed by atoms with Crippen LogP contribution in [0.5, 0.6) is 5.75 Å². The number of benzene rings is 3. The van der Waals surface area contributed by atoms with Crippen molar-refractivity contribution >= 4 is 28.4 Å². The van der Waals surface area contributed by atoms with Gasteiger partial charge in [0.15, 0.2) is 0 Å². The van der Waals surface area contributed by atoms with Gasteiger partial charge in [-0.1, -0.05) is 42.5 Å². The van der Waals surface area contributed by atoms with E-state index < -0.39 is 33.9 Å². The summed E-state index contributed by atoms with van der Waals surface area (Å²) in [5.41, 5.74) is 2.37. The molecule has 0 aromatic heterocycles. The minimum Gasteiger partial charge on any atom is -0.427 e. The fraction of sp³-hybridized carbons (Fsp3) is 0.200. The highest BCUT2D eigenvalue weighted by Gasteiger charge is 2.52. The van der Waals surface area contributed by atoms with Crippen LogP contribution in [-0.2, 0) is 26.8 Å². The SMILES string of the molecule is CC(=O)Oc1ccc(C2C(S(=O)CCc3ccccc3)C(=O)N2c2ccc(F)cc2)cc1. The van der Waals surface area contributed by atoms with Crippen molar-refractivity contribution in [2.24, 2.45) is 0 Å². The summed E-state index contributed by atoms with van der Waals surface area (Å²) >= 11 is 0. The van der Waals surface area contributed by atoms with Crippen molar-refractivity contribution in [1.82, 2.24) is 0 Å². The normalized spacial score (nSPS) is 18.7. The van der Waals surface area contributed by atoms with E-state index in [0.29, 0.717) is 23.6 Å². The van der Waals surface area contributed by atoms with E-state index in [1.165, 1.54) is 31.2 Å². The molecule has 0 radical (unpaired) electrons. The van der Waals surface area contributed by atoms with Crippen molar-refractivity contribution in [3.05, 3.63) is 95.8 Å². The topological polar surface area (TPSA) is 63.7 Å². The van der Waals surface area contributed by atoms with E-state index in [1.807, 2.05) is 30.3 Å². The van der Waals surface area contributed by atoms with Gasteiger partial charge in [0, 0.05) is 29.2 Å². The highest BCUT2D eigenvalue weighted by molar-refractivity contribution is 7.86. The van der Waals surface area contributed by atoms with Crippen LogP contribution in [0.25, 0.3) is 0 Å². The summed E-state index contributed by atoms with van der Waals surface area (Å²) in [6.45, 7) is 1.32. The maximum absolute atomic E-state index is 13.4. The number of carbonyl (C=O) groups excluding carboxylic acids is 2. The molecular formula is C25H22FNO4S. The zero-order valence-electron chi connectivity index (χ0n) is 17.4. The van der Waals surface area contributed by atoms with E-state index in [9.17, 15) is 18.2 Å². The van der Waals surface area contributed by atoms with Crippen molar-refractivity contribution in [3.63, 3.8) is 0 Å². The Labute approximate surface area is 188 Å². The average Bonchev–Trinajstić information content (AvgIpc) is 2.78. The predicted octanol–water partition coefficient (Wildman–Crippen LogP) is 4.20. The summed E-state index contributed by atoms with van der Waals surface area (Å²) in [6.07, 6.45) is 0.603. The molecule has 3 unspecified atom stereocenters. The molecule has 164 valence electrons. The van der Waals surface area contributed by atoms with E-state index >= 15 is 0 Å². The fourth-order valence-corrected chi connectivity index (χ4v) is 5.42. The summed E-state index contributed by atoms with van der Waals surface area (Å²) in [4.78, 5) is 25.8. The maximum Gasteiger partial charge on any atom is 0.308 e. The first-order valence-corrected chi connectivity index (χ1v) is 11.6. The van der Waals surface area contributed by atoms with Crippen LogP contribution in [0.3, 0.4) is 0 Å². The molecule has 0 bridgehead atoms. The van der Waals surface area contributed by atoms with Crippen molar-refractivity contribution < 1.29 is 22.9 Å². The fourth-order valence-electron chi connectivity index (χ4n) is 3.82. The van der Waals surface area contributed by atoms with Crippen LogP contribution in [0.2, 0.25) is 0 Å². The second kappa shape index (κ2) is 9.44. The molecule has 32 heavy (non-hydrogen) atoms. The van der Waals surface area contributed by atoms with Gasteiger partial charge in [0.05, 0.1) is 6.04 Å². The first-order valence-electron chi connectivity index (χ1n) is 10.2. The number of amides is 1. The number of anilines is 1. The lowest BCUT2D eigenvalue weighted by Gasteiger charge is -2.46. The Morgan fingerprint density at radius 2 is 1.66 bits per heavy atom. The molecule has 7 heteroatoms. The van der Waals surface area contributed by atoms with Gasteiger partial charge in [-0.2, -0.15) is 0 Å². The van der Waals surface area contributed by atoms with Gasteiger partial charge in [-0.3, -0.25) is 13.8 Å². The Morgan fingerprint density at radius 1 is 1.00 bits per heavy atom. The van der Waals surface area contributed by atoms with Crippen molar-refractivity contribution in [1.29, 1.82) is 0 Å². The number of hydrogen-bond donors (Lipinski definition) is 0. The van der Waals surface area contributed by atoms with Gasteiger partial charge in [-0.25, -0.2) is 4.39 Å². The monoisotopic (exact) mass is 451 g/mol. The number of hydrogen-bond acceptors (Lipinski definition) is 4. The van der Waals surface area contributed by atoms with Crippen LogP contribution in [0.15, 0.2) is 78.9 Å². The van der Waals surface area contributed by atoms with Crippen LogP contribution in [0.4, 0.5) is 10.1 Å². The molecule has 3 aromatic rings. The Morgan fingerprint density at radius 3 is 2.28 bits per heavy atom. The van der Waals surface area contributed by atoms with E-state index in [0.717, 1.165) is 11.1 Å². The van der Waals surface area contributed by atoms with Gasteiger partial charge in [-0.05, 0) is 53.9 Å². The highest BCUT2D eigenvalue weighted by Crippen LogP contribution is 2.42. The molecule has 1 saturated heterocycles. The molecule has 0 saturated carbocycles. The van der Waals surface area contributed by atoms with Crippen molar-refractivity contribution in [3.8, 4) is 5.75 Å². The zero-order valence-corrected chi connectivity index (χ0v) is 18.3. The summed E-state index contributed by atoms with van der Waals surface area (Å²) in [7, 11) is -1.40. The molecule has 4 rings (SSSR count). The van der Waals surface area contributed by atoms with Crippen LogP contribution in [0.1, 0.15) is 24.1 Å². The van der Waals surface area contributed by atoms with E-state index in [-0.39, 0.29) is 5.91 Å². The lowest BCUT2D eigenvalue weighted by molar-refractivity contribution is -0.131. The largest absolute Gasteiger partial charge is 0.427 e. The van der Waals surface area contributed by atoms with Gasteiger partial charge in [-0.15, -0.1) is 0 Å². The van der Waals surface area contributed by atoms with Crippen molar-refractivity contribution in [2.75, 3.05) is 10.7 Å². The Kier molecular flexibility index (Phi) is 6.46. The third-order valence-electron chi connectivity index (χ3n) is 5.35. The Balaban J connectivity index is 1.59. The predicted molar refractivity (Wildman–Crippen MR) is 121 cm³/mol. The second-order valence-corrected chi connectivity index (χ2v) is 9.21. The lowest BCUT2D eigenvalue weighted by Crippen LogP contribution is -2.61. The summed E-state index contributed by atoms with van der Waals surface area (Å²) in [5.74, 6) is -0.324. The van der Waals surface area contributed by atoms with Crippen LogP contribution >= 0.6 is 0 Å². The van der Waals surface area contributed by atoms with Crippen LogP contribution in [0, 0.1) is 5.82 Å². The second-order valence-electron chi connectivity index (χ2n) is 7.53. The molecule has 5 nitrogen and oxygen atoms in total. The number of carbonyl (C=O) groups is 2.